The largest absolute Gasteiger partial charge is 0.462 e. The number of amides is 1. The van der Waals surface area contributed by atoms with E-state index in [9.17, 15) is 9.59 Å². The van der Waals surface area contributed by atoms with Crippen LogP contribution in [0.15, 0.2) is 0 Å². The topological polar surface area (TPSA) is 55.8 Å². The van der Waals surface area contributed by atoms with Crippen LogP contribution in [-0.4, -0.2) is 49.7 Å². The molecule has 1 heterocycles. The summed E-state index contributed by atoms with van der Waals surface area (Å²) in [5, 5.41) is 0. The van der Waals surface area contributed by atoms with Crippen molar-refractivity contribution in [1.82, 2.24) is 4.90 Å². The van der Waals surface area contributed by atoms with E-state index in [0.29, 0.717) is 6.61 Å². The Labute approximate surface area is 89.3 Å². The quantitative estimate of drug-likeness (QED) is 0.628. The summed E-state index contributed by atoms with van der Waals surface area (Å²) in [7, 11) is 1.57. The summed E-state index contributed by atoms with van der Waals surface area (Å²) in [6.45, 7) is 2.45. The maximum absolute atomic E-state index is 11.2. The van der Waals surface area contributed by atoms with E-state index in [1.54, 1.807) is 7.05 Å². The maximum atomic E-state index is 11.2. The first-order valence-electron chi connectivity index (χ1n) is 5.08. The van der Waals surface area contributed by atoms with Gasteiger partial charge in [-0.3, -0.25) is 9.59 Å². The molecule has 0 radical (unpaired) electrons. The molecule has 1 aliphatic heterocycles. The number of nitrogens with zero attached hydrogens (tertiary/aromatic N) is 1. The van der Waals surface area contributed by atoms with Gasteiger partial charge in [0, 0.05) is 20.6 Å². The molecule has 0 spiro atoms. The van der Waals surface area contributed by atoms with Crippen LogP contribution < -0.4 is 0 Å². The number of carbonyl (C=O) groups is 2. The molecule has 15 heavy (non-hydrogen) atoms. The summed E-state index contributed by atoms with van der Waals surface area (Å²) >= 11 is 0. The lowest BCUT2D eigenvalue weighted by molar-refractivity contribution is -0.150. The molecule has 1 unspecified atom stereocenters. The molecule has 0 aliphatic carbocycles. The molecule has 1 fully saturated rings. The van der Waals surface area contributed by atoms with Crippen molar-refractivity contribution in [2.75, 3.05) is 26.8 Å². The molecule has 86 valence electrons. The Hall–Kier alpha value is -1.10. The summed E-state index contributed by atoms with van der Waals surface area (Å²) in [5.74, 6) is -0.535. The van der Waals surface area contributed by atoms with Gasteiger partial charge >= 0.3 is 5.97 Å². The molecule has 0 bridgehead atoms. The third kappa shape index (κ3) is 4.29. The van der Waals surface area contributed by atoms with Gasteiger partial charge in [-0.25, -0.2) is 0 Å². The number of hydrogen-bond acceptors (Lipinski definition) is 4. The molecule has 1 saturated heterocycles. The summed E-state index contributed by atoms with van der Waals surface area (Å²) in [4.78, 5) is 23.4. The van der Waals surface area contributed by atoms with Crippen molar-refractivity contribution in [3.05, 3.63) is 0 Å². The highest BCUT2D eigenvalue weighted by Gasteiger charge is 2.18. The fourth-order valence-corrected chi connectivity index (χ4v) is 1.31. The van der Waals surface area contributed by atoms with Crippen LogP contribution in [0.4, 0.5) is 0 Å². The van der Waals surface area contributed by atoms with Crippen molar-refractivity contribution in [1.29, 1.82) is 0 Å². The first-order chi connectivity index (χ1) is 7.09. The lowest BCUT2D eigenvalue weighted by atomic mass is 10.2. The lowest BCUT2D eigenvalue weighted by Crippen LogP contribution is -2.32. The molecule has 1 rings (SSSR count). The molecule has 0 aromatic heterocycles. The molecule has 1 aliphatic rings. The zero-order valence-corrected chi connectivity index (χ0v) is 9.19. The van der Waals surface area contributed by atoms with Crippen molar-refractivity contribution < 1.29 is 19.1 Å². The average molecular weight is 215 g/mol. The average Bonchev–Trinajstić information content (AvgIpc) is 2.66. The van der Waals surface area contributed by atoms with E-state index in [2.05, 4.69) is 0 Å². The summed E-state index contributed by atoms with van der Waals surface area (Å²) in [5.41, 5.74) is 0. The number of carbonyl (C=O) groups excluding carboxylic acids is 2. The van der Waals surface area contributed by atoms with Crippen molar-refractivity contribution in [3.63, 3.8) is 0 Å². The molecule has 0 saturated carbocycles. The predicted molar refractivity (Wildman–Crippen MR) is 53.2 cm³/mol. The third-order valence-corrected chi connectivity index (χ3v) is 2.36. The highest BCUT2D eigenvalue weighted by atomic mass is 16.6. The highest BCUT2D eigenvalue weighted by molar-refractivity contribution is 5.80. The van der Waals surface area contributed by atoms with Gasteiger partial charge in [0.1, 0.15) is 13.2 Å². The smallest absolute Gasteiger partial charge is 0.325 e. The minimum Gasteiger partial charge on any atom is -0.462 e. The van der Waals surface area contributed by atoms with E-state index in [1.807, 2.05) is 0 Å². The Kier molecular flexibility index (Phi) is 4.55. The Bertz CT molecular complexity index is 236. The molecule has 5 heteroatoms. The Balaban J connectivity index is 2.15. The second kappa shape index (κ2) is 5.70. The highest BCUT2D eigenvalue weighted by Crippen LogP contribution is 2.11. The first-order valence-corrected chi connectivity index (χ1v) is 5.08. The van der Waals surface area contributed by atoms with Gasteiger partial charge in [-0.15, -0.1) is 0 Å². The van der Waals surface area contributed by atoms with Gasteiger partial charge in [0.05, 0.1) is 6.10 Å². The zero-order chi connectivity index (χ0) is 11.3. The van der Waals surface area contributed by atoms with E-state index in [-0.39, 0.29) is 24.5 Å². The lowest BCUT2D eigenvalue weighted by Gasteiger charge is -2.15. The second-order valence-electron chi connectivity index (χ2n) is 3.69. The Morgan fingerprint density at radius 2 is 2.27 bits per heavy atom. The van der Waals surface area contributed by atoms with Crippen LogP contribution in [0.5, 0.6) is 0 Å². The molecule has 0 N–H and O–H groups in total. The van der Waals surface area contributed by atoms with Crippen LogP contribution in [0.2, 0.25) is 0 Å². The van der Waals surface area contributed by atoms with Crippen LogP contribution in [0, 0.1) is 0 Å². The van der Waals surface area contributed by atoms with Crippen LogP contribution in [0.25, 0.3) is 0 Å². The van der Waals surface area contributed by atoms with E-state index >= 15 is 0 Å². The standard InChI is InChI=1S/C10H17NO4/c1-8(12)11(2)6-10(13)15-7-9-4-3-5-14-9/h9H,3-7H2,1-2H3. The molecular formula is C10H17NO4. The fourth-order valence-electron chi connectivity index (χ4n) is 1.31. The molecule has 5 nitrogen and oxygen atoms in total. The van der Waals surface area contributed by atoms with Gasteiger partial charge in [-0.1, -0.05) is 0 Å². The Morgan fingerprint density at radius 1 is 1.53 bits per heavy atom. The normalized spacial score (nSPS) is 20.0. The van der Waals surface area contributed by atoms with Crippen molar-refractivity contribution in [2.24, 2.45) is 0 Å². The molecule has 1 atom stereocenters. The minimum absolute atomic E-state index is 0.00204. The van der Waals surface area contributed by atoms with Gasteiger partial charge < -0.3 is 14.4 Å². The van der Waals surface area contributed by atoms with E-state index < -0.39 is 0 Å². The molecular weight excluding hydrogens is 198 g/mol. The third-order valence-electron chi connectivity index (χ3n) is 2.36. The van der Waals surface area contributed by atoms with Crippen molar-refractivity contribution in [2.45, 2.75) is 25.9 Å². The molecule has 0 aromatic rings. The number of rotatable bonds is 4. The zero-order valence-electron chi connectivity index (χ0n) is 9.19. The van der Waals surface area contributed by atoms with Crippen molar-refractivity contribution >= 4 is 11.9 Å². The predicted octanol–water partition coefficient (Wildman–Crippen LogP) is 0.187. The van der Waals surface area contributed by atoms with Gasteiger partial charge in [0.2, 0.25) is 5.91 Å². The first kappa shape index (κ1) is 12.0. The van der Waals surface area contributed by atoms with E-state index in [4.69, 9.17) is 9.47 Å². The van der Waals surface area contributed by atoms with E-state index in [0.717, 1.165) is 19.4 Å². The number of ether oxygens (including phenoxy) is 2. The SMILES string of the molecule is CC(=O)N(C)CC(=O)OCC1CCCO1. The maximum Gasteiger partial charge on any atom is 0.325 e. The van der Waals surface area contributed by atoms with Crippen LogP contribution in [0.1, 0.15) is 19.8 Å². The number of likely N-dealkylation sites (N-methyl/N-ethyl adjacent to an activating group) is 1. The number of esters is 1. The van der Waals surface area contributed by atoms with Crippen LogP contribution in [0.3, 0.4) is 0 Å². The Morgan fingerprint density at radius 3 is 2.80 bits per heavy atom. The van der Waals surface area contributed by atoms with Crippen LogP contribution >= 0.6 is 0 Å². The summed E-state index contributed by atoms with van der Waals surface area (Å²) in [6, 6.07) is 0. The molecule has 0 aromatic carbocycles. The fraction of sp³-hybridized carbons (Fsp3) is 0.800. The van der Waals surface area contributed by atoms with Crippen molar-refractivity contribution in [3.8, 4) is 0 Å². The van der Waals surface area contributed by atoms with Gasteiger partial charge in [-0.05, 0) is 12.8 Å². The molecule has 1 amide bonds. The minimum atomic E-state index is -0.386. The van der Waals surface area contributed by atoms with Gasteiger partial charge in [0.25, 0.3) is 0 Å². The van der Waals surface area contributed by atoms with E-state index in [1.165, 1.54) is 11.8 Å². The number of hydrogen-bond donors (Lipinski definition) is 0. The van der Waals surface area contributed by atoms with Gasteiger partial charge in [-0.2, -0.15) is 0 Å². The second-order valence-corrected chi connectivity index (χ2v) is 3.69. The monoisotopic (exact) mass is 215 g/mol. The summed E-state index contributed by atoms with van der Waals surface area (Å²) < 4.78 is 10.3. The van der Waals surface area contributed by atoms with Gasteiger partial charge in [0.15, 0.2) is 0 Å². The summed E-state index contributed by atoms with van der Waals surface area (Å²) in [6.07, 6.45) is 2.00. The van der Waals surface area contributed by atoms with Crippen LogP contribution in [-0.2, 0) is 19.1 Å².